The van der Waals surface area contributed by atoms with Crippen molar-refractivity contribution in [3.8, 4) is 11.3 Å². The second-order valence-electron chi connectivity index (χ2n) is 10.2. The van der Waals surface area contributed by atoms with Gasteiger partial charge in [-0.15, -0.1) is 5.10 Å². The van der Waals surface area contributed by atoms with E-state index in [4.69, 9.17) is 4.98 Å². The van der Waals surface area contributed by atoms with Gasteiger partial charge in [-0.1, -0.05) is 17.3 Å². The Morgan fingerprint density at radius 1 is 1.16 bits per heavy atom. The highest BCUT2D eigenvalue weighted by Gasteiger charge is 2.24. The van der Waals surface area contributed by atoms with Gasteiger partial charge in [0, 0.05) is 25.0 Å². The van der Waals surface area contributed by atoms with Crippen LogP contribution in [0, 0.1) is 0 Å². The summed E-state index contributed by atoms with van der Waals surface area (Å²) in [7, 11) is 1.86. The van der Waals surface area contributed by atoms with Gasteiger partial charge in [-0.2, -0.15) is 5.10 Å². The van der Waals surface area contributed by atoms with Crippen LogP contribution in [0.2, 0.25) is 0 Å². The van der Waals surface area contributed by atoms with Gasteiger partial charge in [0.25, 0.3) is 5.91 Å². The molecule has 0 bridgehead atoms. The Morgan fingerprint density at radius 2 is 2.03 bits per heavy atom. The Hall–Kier alpha value is -4.12. The number of aromatic nitrogens is 7. The fourth-order valence-corrected chi connectivity index (χ4v) is 4.34. The molecule has 0 saturated carbocycles. The van der Waals surface area contributed by atoms with Crippen LogP contribution in [0.15, 0.2) is 49.1 Å². The van der Waals surface area contributed by atoms with Gasteiger partial charge in [-0.05, 0) is 70.0 Å². The number of nitrogens with zero attached hydrogens (tertiary/aromatic N) is 7. The third kappa shape index (κ3) is 5.67. The molecule has 0 radical (unpaired) electrons. The molecule has 0 fully saturated rings. The molecule has 1 aliphatic rings. The molecule has 37 heavy (non-hydrogen) atoms. The molecule has 0 aliphatic carbocycles. The van der Waals surface area contributed by atoms with Crippen molar-refractivity contribution in [2.75, 3.05) is 18.4 Å². The average Bonchev–Trinajstić information content (AvgIpc) is 3.51. The van der Waals surface area contributed by atoms with E-state index in [1.807, 2.05) is 40.1 Å². The molecule has 4 aromatic rings. The van der Waals surface area contributed by atoms with Crippen LogP contribution in [-0.2, 0) is 19.0 Å². The highest BCUT2D eigenvalue weighted by molar-refractivity contribution is 5.92. The highest BCUT2D eigenvalue weighted by atomic mass is 16.2. The standard InChI is InChI=1S/C26H32N10O/c1-26(2,3)36-16-23(33-34-36)24(37)31-22-8-11-27-10-7-17-13-18(5-6-20(17)22)21-9-12-28-25(32-21)30-19-14-29-35(4)15-19/h5-6,9,12-16,22,27H,7-8,10-11H2,1-4H3,(H,31,37)(H,28,30,32)/t22-/m1/s1. The summed E-state index contributed by atoms with van der Waals surface area (Å²) in [5.41, 5.74) is 5.00. The first-order chi connectivity index (χ1) is 17.8. The third-order valence-corrected chi connectivity index (χ3v) is 6.33. The SMILES string of the molecule is Cn1cc(Nc2nccc(-c3ccc4c(c3)CCNCC[C@H]4NC(=O)c3cn(C(C)(C)C)nn3)n2)cn1. The van der Waals surface area contributed by atoms with Crippen molar-refractivity contribution in [3.05, 3.63) is 65.9 Å². The number of benzene rings is 1. The van der Waals surface area contributed by atoms with Crippen LogP contribution in [0.25, 0.3) is 11.3 Å². The molecule has 0 saturated heterocycles. The smallest absolute Gasteiger partial charge is 0.273 e. The van der Waals surface area contributed by atoms with E-state index in [-0.39, 0.29) is 17.5 Å². The molecule has 4 heterocycles. The summed E-state index contributed by atoms with van der Waals surface area (Å²) >= 11 is 0. The van der Waals surface area contributed by atoms with Gasteiger partial charge >= 0.3 is 0 Å². The number of hydrogen-bond donors (Lipinski definition) is 3. The minimum Gasteiger partial charge on any atom is -0.344 e. The third-order valence-electron chi connectivity index (χ3n) is 6.33. The number of aryl methyl sites for hydroxylation is 1. The second-order valence-corrected chi connectivity index (χ2v) is 10.2. The minimum atomic E-state index is -0.243. The van der Waals surface area contributed by atoms with Gasteiger partial charge in [0.1, 0.15) is 0 Å². The minimum absolute atomic E-state index is 0.141. The molecule has 1 aromatic carbocycles. The van der Waals surface area contributed by atoms with E-state index in [1.54, 1.807) is 28.0 Å². The van der Waals surface area contributed by atoms with Crippen LogP contribution in [0.3, 0.4) is 0 Å². The van der Waals surface area contributed by atoms with Gasteiger partial charge in [0.05, 0.1) is 35.4 Å². The molecular weight excluding hydrogens is 468 g/mol. The quantitative estimate of drug-likeness (QED) is 0.382. The summed E-state index contributed by atoms with van der Waals surface area (Å²) in [6.45, 7) is 7.75. The van der Waals surface area contributed by atoms with Crippen molar-refractivity contribution in [1.82, 2.24) is 45.4 Å². The van der Waals surface area contributed by atoms with Gasteiger partial charge < -0.3 is 16.0 Å². The van der Waals surface area contributed by atoms with Crippen molar-refractivity contribution in [2.24, 2.45) is 7.05 Å². The first-order valence-corrected chi connectivity index (χ1v) is 12.4. The molecular formula is C26H32N10O. The molecule has 3 aromatic heterocycles. The van der Waals surface area contributed by atoms with E-state index in [9.17, 15) is 4.79 Å². The zero-order chi connectivity index (χ0) is 26.0. The number of anilines is 2. The number of rotatable bonds is 5. The topological polar surface area (TPSA) is 127 Å². The van der Waals surface area contributed by atoms with Crippen LogP contribution in [0.4, 0.5) is 11.6 Å². The fourth-order valence-electron chi connectivity index (χ4n) is 4.34. The molecule has 192 valence electrons. The van der Waals surface area contributed by atoms with E-state index in [2.05, 4.69) is 54.5 Å². The number of hydrogen-bond acceptors (Lipinski definition) is 8. The van der Waals surface area contributed by atoms with Crippen LogP contribution >= 0.6 is 0 Å². The normalized spacial score (nSPS) is 15.9. The lowest BCUT2D eigenvalue weighted by Gasteiger charge is -2.25. The molecule has 0 unspecified atom stereocenters. The largest absolute Gasteiger partial charge is 0.344 e. The average molecular weight is 501 g/mol. The predicted octanol–water partition coefficient (Wildman–Crippen LogP) is 2.97. The molecule has 1 amide bonds. The Morgan fingerprint density at radius 3 is 2.78 bits per heavy atom. The monoisotopic (exact) mass is 500 g/mol. The van der Waals surface area contributed by atoms with Gasteiger partial charge in [0.15, 0.2) is 5.69 Å². The fraction of sp³-hybridized carbons (Fsp3) is 0.385. The van der Waals surface area contributed by atoms with Crippen molar-refractivity contribution >= 4 is 17.5 Å². The summed E-state index contributed by atoms with van der Waals surface area (Å²) in [6, 6.07) is 8.07. The maximum absolute atomic E-state index is 13.1. The zero-order valence-corrected chi connectivity index (χ0v) is 21.6. The maximum Gasteiger partial charge on any atom is 0.273 e. The summed E-state index contributed by atoms with van der Waals surface area (Å²) in [6.07, 6.45) is 8.67. The number of fused-ring (bicyclic) bond motifs is 1. The summed E-state index contributed by atoms with van der Waals surface area (Å²) in [5.74, 6) is 0.283. The molecule has 1 aliphatic heterocycles. The summed E-state index contributed by atoms with van der Waals surface area (Å²) in [4.78, 5) is 22.1. The summed E-state index contributed by atoms with van der Waals surface area (Å²) < 4.78 is 3.43. The van der Waals surface area contributed by atoms with Crippen LogP contribution in [0.1, 0.15) is 54.8 Å². The Kier molecular flexibility index (Phi) is 6.70. The Bertz CT molecular complexity index is 1400. The van der Waals surface area contributed by atoms with Gasteiger partial charge in [0.2, 0.25) is 5.95 Å². The van der Waals surface area contributed by atoms with E-state index >= 15 is 0 Å². The van der Waals surface area contributed by atoms with Crippen molar-refractivity contribution < 1.29 is 4.79 Å². The first kappa shape index (κ1) is 24.6. The van der Waals surface area contributed by atoms with E-state index in [1.165, 1.54) is 5.56 Å². The maximum atomic E-state index is 13.1. The van der Waals surface area contributed by atoms with E-state index in [0.29, 0.717) is 11.6 Å². The zero-order valence-electron chi connectivity index (χ0n) is 21.6. The first-order valence-electron chi connectivity index (χ1n) is 12.4. The van der Waals surface area contributed by atoms with Crippen molar-refractivity contribution in [2.45, 2.75) is 45.2 Å². The van der Waals surface area contributed by atoms with Gasteiger partial charge in [-0.3, -0.25) is 9.48 Å². The molecule has 0 spiro atoms. The lowest BCUT2D eigenvalue weighted by molar-refractivity contribution is 0.0929. The Balaban J connectivity index is 1.38. The Labute approximate surface area is 215 Å². The molecule has 11 nitrogen and oxygen atoms in total. The lowest BCUT2D eigenvalue weighted by Crippen LogP contribution is -2.34. The van der Waals surface area contributed by atoms with E-state index < -0.39 is 0 Å². The van der Waals surface area contributed by atoms with Crippen molar-refractivity contribution in [3.63, 3.8) is 0 Å². The number of carbonyl (C=O) groups excluding carboxylic acids is 1. The molecule has 5 rings (SSSR count). The molecule has 11 heteroatoms. The molecule has 3 N–H and O–H groups in total. The van der Waals surface area contributed by atoms with Crippen LogP contribution in [0.5, 0.6) is 0 Å². The van der Waals surface area contributed by atoms with Gasteiger partial charge in [-0.25, -0.2) is 14.6 Å². The van der Waals surface area contributed by atoms with Crippen LogP contribution < -0.4 is 16.0 Å². The highest BCUT2D eigenvalue weighted by Crippen LogP contribution is 2.29. The number of carbonyl (C=O) groups is 1. The lowest BCUT2D eigenvalue weighted by atomic mass is 9.92. The summed E-state index contributed by atoms with van der Waals surface area (Å²) in [5, 5.41) is 22.2. The van der Waals surface area contributed by atoms with Crippen molar-refractivity contribution in [1.29, 1.82) is 0 Å². The molecule has 1 atom stereocenters. The van der Waals surface area contributed by atoms with Crippen LogP contribution in [-0.4, -0.2) is 53.7 Å². The number of nitrogens with one attached hydrogen (secondary N) is 3. The van der Waals surface area contributed by atoms with E-state index in [0.717, 1.165) is 48.4 Å². The second kappa shape index (κ2) is 10.1. The predicted molar refractivity (Wildman–Crippen MR) is 140 cm³/mol. The number of amides is 1.